The fourth-order valence-electron chi connectivity index (χ4n) is 12.2. The van der Waals surface area contributed by atoms with E-state index in [1.165, 1.54) is 360 Å². The van der Waals surface area contributed by atoms with Crippen molar-refractivity contribution < 1.29 is 24.5 Å². The first-order valence-corrected chi connectivity index (χ1v) is 38.8. The Hall–Kier alpha value is -1.92. The number of nitrogens with one attached hydrogen (secondary N) is 1. The van der Waals surface area contributed by atoms with Crippen molar-refractivity contribution in [3.05, 3.63) is 36.5 Å². The lowest BCUT2D eigenvalue weighted by Gasteiger charge is -2.20. The molecule has 0 bridgehead atoms. The predicted molar refractivity (Wildman–Crippen MR) is 375 cm³/mol. The summed E-state index contributed by atoms with van der Waals surface area (Å²) < 4.78 is 5.51. The molecule has 0 spiro atoms. The third-order valence-corrected chi connectivity index (χ3v) is 18.1. The number of aliphatic hydroxyl groups is 2. The number of rotatable bonds is 73. The summed E-state index contributed by atoms with van der Waals surface area (Å²) in [6.45, 7) is 4.94. The zero-order valence-corrected chi connectivity index (χ0v) is 57.6. The van der Waals surface area contributed by atoms with Gasteiger partial charge < -0.3 is 20.3 Å². The molecule has 2 atom stereocenters. The molecular formula is C79H151NO5. The van der Waals surface area contributed by atoms with Crippen molar-refractivity contribution in [3.63, 3.8) is 0 Å². The van der Waals surface area contributed by atoms with Gasteiger partial charge in [-0.25, -0.2) is 0 Å². The Morgan fingerprint density at radius 1 is 0.318 bits per heavy atom. The second-order valence-electron chi connectivity index (χ2n) is 26.7. The number of esters is 1. The van der Waals surface area contributed by atoms with E-state index >= 15 is 0 Å². The lowest BCUT2D eigenvalue weighted by Crippen LogP contribution is -2.45. The Kier molecular flexibility index (Phi) is 72.9. The Morgan fingerprint density at radius 3 is 0.835 bits per heavy atom. The van der Waals surface area contributed by atoms with Crippen LogP contribution in [-0.2, 0) is 14.3 Å². The molecule has 0 aliphatic heterocycles. The minimum Gasteiger partial charge on any atom is -0.466 e. The number of unbranched alkanes of at least 4 members (excludes halogenated alkanes) is 58. The van der Waals surface area contributed by atoms with Gasteiger partial charge >= 0.3 is 5.97 Å². The minimum atomic E-state index is -0.845. The Labute approximate surface area is 532 Å². The Morgan fingerprint density at radius 2 is 0.553 bits per heavy atom. The third kappa shape index (κ3) is 71.0. The molecule has 0 aromatic carbocycles. The maximum absolute atomic E-state index is 12.5. The van der Waals surface area contributed by atoms with Crippen molar-refractivity contribution in [1.82, 2.24) is 5.32 Å². The minimum absolute atomic E-state index is 0.0136. The molecule has 0 heterocycles. The van der Waals surface area contributed by atoms with Crippen LogP contribution in [0.4, 0.5) is 0 Å². The Balaban J connectivity index is 3.39. The first-order chi connectivity index (χ1) is 42.0. The van der Waals surface area contributed by atoms with Gasteiger partial charge in [-0.3, -0.25) is 9.59 Å². The first-order valence-electron chi connectivity index (χ1n) is 38.8. The fourth-order valence-corrected chi connectivity index (χ4v) is 12.2. The zero-order valence-electron chi connectivity index (χ0n) is 57.6. The zero-order chi connectivity index (χ0) is 61.3. The number of amides is 1. The number of hydrogen-bond donors (Lipinski definition) is 3. The molecule has 0 radical (unpaired) electrons. The summed E-state index contributed by atoms with van der Waals surface area (Å²) in [5.74, 6) is -0.0492. The second-order valence-corrected chi connectivity index (χ2v) is 26.7. The summed E-state index contributed by atoms with van der Waals surface area (Å²) in [5.41, 5.74) is 0. The molecule has 0 fully saturated rings. The monoisotopic (exact) mass is 1190 g/mol. The van der Waals surface area contributed by atoms with Crippen molar-refractivity contribution in [3.8, 4) is 0 Å². The number of aliphatic hydroxyl groups excluding tert-OH is 2. The van der Waals surface area contributed by atoms with E-state index in [2.05, 4.69) is 43.5 Å². The number of allylic oxidation sites excluding steroid dienone is 5. The maximum Gasteiger partial charge on any atom is 0.305 e. The first kappa shape index (κ1) is 83.1. The lowest BCUT2D eigenvalue weighted by molar-refractivity contribution is -0.143. The van der Waals surface area contributed by atoms with Crippen molar-refractivity contribution >= 4 is 11.9 Å². The fraction of sp³-hybridized carbons (Fsp3) is 0.899. The van der Waals surface area contributed by atoms with Crippen molar-refractivity contribution in [1.29, 1.82) is 0 Å². The van der Waals surface area contributed by atoms with Crippen molar-refractivity contribution in [2.45, 2.75) is 443 Å². The standard InChI is InChI=1S/C79H151NO5/c1-3-5-7-9-11-13-15-17-19-21-22-23-33-36-40-43-47-51-55-59-63-67-71-77(82)76(75-81)80-78(83)72-68-64-60-56-52-48-44-41-37-34-31-29-27-25-24-26-28-30-32-35-38-42-46-50-54-58-62-66-70-74-85-79(84)73-69-65-61-57-53-49-45-39-20-18-16-14-12-10-8-6-4-2/h18,20,24,26,67,71,76-77,81-82H,3-17,19,21-23,25,27-66,68-70,72-75H2,1-2H3,(H,80,83)/b20-18-,26-24-,71-67+. The molecule has 0 aliphatic rings. The van der Waals surface area contributed by atoms with Crippen LogP contribution in [0.15, 0.2) is 36.5 Å². The summed E-state index contributed by atoms with van der Waals surface area (Å²) in [6.07, 6.45) is 96.8. The van der Waals surface area contributed by atoms with Gasteiger partial charge in [-0.1, -0.05) is 371 Å². The number of carbonyl (C=O) groups is 2. The molecule has 2 unspecified atom stereocenters. The lowest BCUT2D eigenvalue weighted by atomic mass is 10.0. The third-order valence-electron chi connectivity index (χ3n) is 18.1. The van der Waals surface area contributed by atoms with Crippen LogP contribution >= 0.6 is 0 Å². The molecular weight excluding hydrogens is 1040 g/mol. The van der Waals surface area contributed by atoms with E-state index in [1.807, 2.05) is 6.08 Å². The SMILES string of the molecule is CCCCCCCC/C=C\CCCCCCCCCC(=O)OCCCCCCCCCCCCCC/C=C\CCCCCCCCCCCCCCCC(=O)NC(CO)C(O)/C=C/CCCCCCCCCCCCCCCCCCCCCC. The van der Waals surface area contributed by atoms with Crippen molar-refractivity contribution in [2.75, 3.05) is 13.2 Å². The van der Waals surface area contributed by atoms with E-state index in [-0.39, 0.29) is 18.5 Å². The van der Waals surface area contributed by atoms with Crippen LogP contribution in [-0.4, -0.2) is 47.4 Å². The van der Waals surface area contributed by atoms with Crippen molar-refractivity contribution in [2.24, 2.45) is 0 Å². The molecule has 0 aliphatic carbocycles. The van der Waals surface area contributed by atoms with Crippen LogP contribution in [0.3, 0.4) is 0 Å². The summed E-state index contributed by atoms with van der Waals surface area (Å²) in [7, 11) is 0. The van der Waals surface area contributed by atoms with Gasteiger partial charge in [0.15, 0.2) is 0 Å². The van der Waals surface area contributed by atoms with E-state index in [0.717, 1.165) is 44.9 Å². The van der Waals surface area contributed by atoms with Crippen LogP contribution in [0.1, 0.15) is 431 Å². The molecule has 1 amide bonds. The van der Waals surface area contributed by atoms with E-state index in [9.17, 15) is 19.8 Å². The maximum atomic E-state index is 12.5. The molecule has 502 valence electrons. The average Bonchev–Trinajstić information content (AvgIpc) is 3.51. The van der Waals surface area contributed by atoms with E-state index < -0.39 is 12.1 Å². The van der Waals surface area contributed by atoms with Crippen LogP contribution in [0.2, 0.25) is 0 Å². The number of hydrogen-bond acceptors (Lipinski definition) is 5. The molecule has 6 heteroatoms. The topological polar surface area (TPSA) is 95.9 Å². The molecule has 6 nitrogen and oxygen atoms in total. The normalized spacial score (nSPS) is 12.7. The Bertz CT molecular complexity index is 1380. The van der Waals surface area contributed by atoms with Gasteiger partial charge in [0.25, 0.3) is 0 Å². The van der Waals surface area contributed by atoms with Gasteiger partial charge in [0.1, 0.15) is 0 Å². The predicted octanol–water partition coefficient (Wildman–Crippen LogP) is 25.4. The summed E-state index contributed by atoms with van der Waals surface area (Å²) in [5, 5.41) is 23.3. The summed E-state index contributed by atoms with van der Waals surface area (Å²) >= 11 is 0. The van der Waals surface area contributed by atoms with Crippen LogP contribution in [0.5, 0.6) is 0 Å². The smallest absolute Gasteiger partial charge is 0.305 e. The quantitative estimate of drug-likeness (QED) is 0.0320. The average molecular weight is 1200 g/mol. The summed E-state index contributed by atoms with van der Waals surface area (Å²) in [6, 6.07) is -0.629. The number of ether oxygens (including phenoxy) is 1. The highest BCUT2D eigenvalue weighted by molar-refractivity contribution is 5.76. The van der Waals surface area contributed by atoms with Gasteiger partial charge in [-0.15, -0.1) is 0 Å². The van der Waals surface area contributed by atoms with Gasteiger partial charge in [-0.05, 0) is 83.5 Å². The summed E-state index contributed by atoms with van der Waals surface area (Å²) in [4.78, 5) is 24.6. The highest BCUT2D eigenvalue weighted by Crippen LogP contribution is 2.19. The second kappa shape index (κ2) is 74.5. The highest BCUT2D eigenvalue weighted by atomic mass is 16.5. The van der Waals surface area contributed by atoms with E-state index in [1.54, 1.807) is 6.08 Å². The number of carbonyl (C=O) groups excluding carboxylic acids is 2. The molecule has 0 aromatic rings. The molecule has 3 N–H and O–H groups in total. The van der Waals surface area contributed by atoms with Gasteiger partial charge in [-0.2, -0.15) is 0 Å². The van der Waals surface area contributed by atoms with E-state index in [0.29, 0.717) is 19.4 Å². The van der Waals surface area contributed by atoms with Crippen LogP contribution in [0, 0.1) is 0 Å². The molecule has 0 saturated carbocycles. The largest absolute Gasteiger partial charge is 0.466 e. The van der Waals surface area contributed by atoms with Crippen LogP contribution < -0.4 is 5.32 Å². The molecule has 0 aromatic heterocycles. The molecule has 0 rings (SSSR count). The highest BCUT2D eigenvalue weighted by Gasteiger charge is 2.18. The molecule has 0 saturated heterocycles. The molecule has 85 heavy (non-hydrogen) atoms. The van der Waals surface area contributed by atoms with Gasteiger partial charge in [0, 0.05) is 12.8 Å². The van der Waals surface area contributed by atoms with Gasteiger partial charge in [0.05, 0.1) is 25.4 Å². The van der Waals surface area contributed by atoms with E-state index in [4.69, 9.17) is 4.74 Å². The van der Waals surface area contributed by atoms with Gasteiger partial charge in [0.2, 0.25) is 5.91 Å². The van der Waals surface area contributed by atoms with Crippen LogP contribution in [0.25, 0.3) is 0 Å².